The number of aliphatic hydroxyl groups is 1. The number of tetrazole rings is 1. The minimum absolute atomic E-state index is 0.0333. The molecule has 1 saturated heterocycles. The summed E-state index contributed by atoms with van der Waals surface area (Å²) in [5.41, 5.74) is 7.44. The van der Waals surface area contributed by atoms with Gasteiger partial charge in [0.05, 0.1) is 24.5 Å². The van der Waals surface area contributed by atoms with Gasteiger partial charge in [-0.25, -0.2) is 4.79 Å². The molecule has 12 heteroatoms. The zero-order chi connectivity index (χ0) is 36.6. The fourth-order valence-electron chi connectivity index (χ4n) is 6.24. The summed E-state index contributed by atoms with van der Waals surface area (Å²) < 4.78 is 15.1. The number of thioether (sulfide) groups is 1. The number of aromatic hydroxyl groups is 1. The monoisotopic (exact) mass is 728 g/mol. The lowest BCUT2D eigenvalue weighted by Crippen LogP contribution is -2.38. The van der Waals surface area contributed by atoms with Crippen molar-refractivity contribution in [3.63, 3.8) is 0 Å². The summed E-state index contributed by atoms with van der Waals surface area (Å²) in [6, 6.07) is 40.4. The van der Waals surface area contributed by atoms with Gasteiger partial charge in [0.1, 0.15) is 5.75 Å². The third-order valence-corrected chi connectivity index (χ3v) is 10.2. The van der Waals surface area contributed by atoms with Crippen LogP contribution in [0, 0.1) is 5.92 Å². The van der Waals surface area contributed by atoms with Gasteiger partial charge in [-0.2, -0.15) is 4.68 Å². The summed E-state index contributed by atoms with van der Waals surface area (Å²) in [5.74, 6) is 0.685. The highest BCUT2D eigenvalue weighted by atomic mass is 32.2. The van der Waals surface area contributed by atoms with Crippen LogP contribution in [0.5, 0.6) is 5.75 Å². The number of rotatable bonds is 12. The van der Waals surface area contributed by atoms with Gasteiger partial charge in [0.25, 0.3) is 0 Å². The molecule has 1 aliphatic rings. The Labute approximate surface area is 312 Å². The Kier molecular flexibility index (Phi) is 11.4. The average molecular weight is 729 g/mol. The Morgan fingerprint density at radius 2 is 1.47 bits per heavy atom. The van der Waals surface area contributed by atoms with Crippen LogP contribution >= 0.6 is 11.8 Å². The van der Waals surface area contributed by atoms with E-state index in [1.54, 1.807) is 28.9 Å². The second kappa shape index (κ2) is 16.9. The standard InChI is InChI=1S/C41H40N6O5S/c1-27-37(26-53-41-44-45-46-47(41)35-17-19-36(49)20-18-35)51-39(52-38(27)31-15-13-29(25-48)14-16-31)34-12-6-11-33(22-34)32-10-5-9-30(21-32)24-43-40(50)42-23-28-7-3-2-4-8-28/h2-22,27,37-39,48-49H,23-26H2,1H3,(H2,42,43,50). The fourth-order valence-corrected chi connectivity index (χ4v) is 7.29. The molecular weight excluding hydrogens is 689 g/mol. The number of amides is 2. The third-order valence-electron chi connectivity index (χ3n) is 9.20. The van der Waals surface area contributed by atoms with Crippen molar-refractivity contribution in [2.75, 3.05) is 5.75 Å². The van der Waals surface area contributed by atoms with Crippen LogP contribution in [0.15, 0.2) is 133 Å². The van der Waals surface area contributed by atoms with Crippen LogP contribution < -0.4 is 10.6 Å². The van der Waals surface area contributed by atoms with E-state index in [2.05, 4.69) is 51.3 Å². The number of hydrogen-bond acceptors (Lipinski definition) is 9. The molecule has 4 unspecified atom stereocenters. The van der Waals surface area contributed by atoms with Crippen molar-refractivity contribution in [1.82, 2.24) is 30.8 Å². The van der Waals surface area contributed by atoms with Gasteiger partial charge in [-0.3, -0.25) is 0 Å². The Balaban J connectivity index is 1.08. The van der Waals surface area contributed by atoms with Gasteiger partial charge in [-0.05, 0) is 80.2 Å². The predicted molar refractivity (Wildman–Crippen MR) is 202 cm³/mol. The van der Waals surface area contributed by atoms with Crippen molar-refractivity contribution in [3.05, 3.63) is 155 Å². The van der Waals surface area contributed by atoms with Gasteiger partial charge in [-0.15, -0.1) is 5.10 Å². The lowest BCUT2D eigenvalue weighted by Gasteiger charge is -2.41. The molecule has 1 aromatic heterocycles. The van der Waals surface area contributed by atoms with Crippen LogP contribution in [0.1, 0.15) is 47.1 Å². The number of carbonyl (C=O) groups excluding carboxylic acids is 1. The SMILES string of the molecule is CC1C(CSc2nnnn2-c2ccc(O)cc2)OC(c2cccc(-c3cccc(CNC(=O)NCc4ccccc4)c3)c2)OC1c1ccc(CO)cc1. The van der Waals surface area contributed by atoms with Crippen molar-refractivity contribution in [2.45, 2.75) is 50.3 Å². The summed E-state index contributed by atoms with van der Waals surface area (Å²) in [4.78, 5) is 12.5. The molecule has 1 fully saturated rings. The Hall–Kier alpha value is -5.53. The van der Waals surface area contributed by atoms with E-state index < -0.39 is 6.29 Å². The number of aromatic nitrogens is 4. The summed E-state index contributed by atoms with van der Waals surface area (Å²) in [6.45, 7) is 2.92. The maximum absolute atomic E-state index is 12.5. The number of urea groups is 1. The molecule has 53 heavy (non-hydrogen) atoms. The quantitative estimate of drug-likeness (QED) is 0.0970. The number of phenolic OH excluding ortho intramolecular Hbond substituents is 1. The highest BCUT2D eigenvalue weighted by molar-refractivity contribution is 7.99. The number of hydrogen-bond donors (Lipinski definition) is 4. The zero-order valence-corrected chi connectivity index (χ0v) is 29.9. The topological polar surface area (TPSA) is 144 Å². The van der Waals surface area contributed by atoms with E-state index in [1.807, 2.05) is 84.9 Å². The molecular formula is C41H40N6O5S. The first kappa shape index (κ1) is 35.9. The van der Waals surface area contributed by atoms with Crippen LogP contribution in [0.2, 0.25) is 0 Å². The first-order chi connectivity index (χ1) is 25.9. The second-order valence-electron chi connectivity index (χ2n) is 12.9. The van der Waals surface area contributed by atoms with Crippen molar-refractivity contribution < 1.29 is 24.5 Å². The Morgan fingerprint density at radius 3 is 2.23 bits per heavy atom. The molecule has 4 N–H and O–H groups in total. The normalized spacial score (nSPS) is 18.4. The maximum atomic E-state index is 12.5. The van der Waals surface area contributed by atoms with Crippen LogP contribution in [-0.2, 0) is 29.2 Å². The van der Waals surface area contributed by atoms with Gasteiger partial charge >= 0.3 is 6.03 Å². The summed E-state index contributed by atoms with van der Waals surface area (Å²) >= 11 is 1.49. The number of aliphatic hydroxyl groups excluding tert-OH is 1. The predicted octanol–water partition coefficient (Wildman–Crippen LogP) is 7.11. The maximum Gasteiger partial charge on any atom is 0.315 e. The van der Waals surface area contributed by atoms with E-state index in [0.717, 1.165) is 44.6 Å². The van der Waals surface area contributed by atoms with Crippen LogP contribution in [0.25, 0.3) is 16.8 Å². The van der Waals surface area contributed by atoms with E-state index in [4.69, 9.17) is 9.47 Å². The first-order valence-electron chi connectivity index (χ1n) is 17.4. The number of phenols is 1. The van der Waals surface area contributed by atoms with Gasteiger partial charge in [0.2, 0.25) is 5.16 Å². The number of benzene rings is 5. The molecule has 0 spiro atoms. The molecule has 5 aromatic carbocycles. The van der Waals surface area contributed by atoms with Crippen molar-refractivity contribution in [2.24, 2.45) is 5.92 Å². The number of nitrogens with zero attached hydrogens (tertiary/aromatic N) is 4. The van der Waals surface area contributed by atoms with E-state index in [1.165, 1.54) is 11.8 Å². The Bertz CT molecular complexity index is 2110. The second-order valence-corrected chi connectivity index (χ2v) is 13.9. The molecule has 270 valence electrons. The molecule has 0 saturated carbocycles. The number of nitrogens with one attached hydrogen (secondary N) is 2. The molecule has 0 bridgehead atoms. The van der Waals surface area contributed by atoms with Crippen molar-refractivity contribution >= 4 is 17.8 Å². The highest BCUT2D eigenvalue weighted by Crippen LogP contribution is 2.43. The van der Waals surface area contributed by atoms with Gasteiger partial charge < -0.3 is 30.3 Å². The van der Waals surface area contributed by atoms with Gasteiger partial charge in [0, 0.05) is 30.3 Å². The molecule has 2 heterocycles. The van der Waals surface area contributed by atoms with Crippen molar-refractivity contribution in [3.8, 4) is 22.6 Å². The van der Waals surface area contributed by atoms with Crippen molar-refractivity contribution in [1.29, 1.82) is 0 Å². The van der Waals surface area contributed by atoms with Gasteiger partial charge in [0.15, 0.2) is 6.29 Å². The smallest absolute Gasteiger partial charge is 0.315 e. The molecule has 7 rings (SSSR count). The number of ether oxygens (including phenoxy) is 2. The first-order valence-corrected chi connectivity index (χ1v) is 18.4. The fraction of sp³-hybridized carbons (Fsp3) is 0.220. The molecule has 0 radical (unpaired) electrons. The molecule has 0 aliphatic carbocycles. The van der Waals surface area contributed by atoms with E-state index in [-0.39, 0.29) is 36.5 Å². The van der Waals surface area contributed by atoms with Crippen LogP contribution in [0.4, 0.5) is 4.79 Å². The summed E-state index contributed by atoms with van der Waals surface area (Å²) in [5, 5.41) is 38.2. The molecule has 4 atom stereocenters. The average Bonchev–Trinajstić information content (AvgIpc) is 3.68. The lowest BCUT2D eigenvalue weighted by atomic mass is 9.91. The van der Waals surface area contributed by atoms with E-state index in [9.17, 15) is 15.0 Å². The minimum Gasteiger partial charge on any atom is -0.508 e. The molecule has 6 aromatic rings. The molecule has 2 amide bonds. The Morgan fingerprint density at radius 1 is 0.774 bits per heavy atom. The van der Waals surface area contributed by atoms with E-state index >= 15 is 0 Å². The third kappa shape index (κ3) is 8.93. The summed E-state index contributed by atoms with van der Waals surface area (Å²) in [7, 11) is 0. The number of carbonyl (C=O) groups is 1. The van der Waals surface area contributed by atoms with Crippen LogP contribution in [-0.4, -0.2) is 48.3 Å². The minimum atomic E-state index is -0.662. The summed E-state index contributed by atoms with van der Waals surface area (Å²) in [6.07, 6.45) is -1.19. The lowest BCUT2D eigenvalue weighted by molar-refractivity contribution is -0.268. The zero-order valence-electron chi connectivity index (χ0n) is 29.1. The molecule has 11 nitrogen and oxygen atoms in total. The highest BCUT2D eigenvalue weighted by Gasteiger charge is 2.38. The largest absolute Gasteiger partial charge is 0.508 e. The van der Waals surface area contributed by atoms with Gasteiger partial charge in [-0.1, -0.05) is 110 Å². The van der Waals surface area contributed by atoms with Crippen LogP contribution in [0.3, 0.4) is 0 Å². The molecule has 1 aliphatic heterocycles. The van der Waals surface area contributed by atoms with E-state index in [0.29, 0.717) is 24.0 Å².